The number of hydrogen-bond acceptors (Lipinski definition) is 2. The van der Waals surface area contributed by atoms with Crippen LogP contribution in [0.1, 0.15) is 11.6 Å². The molecule has 58 valence electrons. The van der Waals surface area contributed by atoms with Crippen molar-refractivity contribution >= 4 is 5.97 Å². The molecule has 0 aliphatic heterocycles. The lowest BCUT2D eigenvalue weighted by atomic mass is 10.4. The molecule has 0 bridgehead atoms. The Balaban J connectivity index is 2.85. The zero-order valence-corrected chi connectivity index (χ0v) is 5.90. The first-order valence-corrected chi connectivity index (χ1v) is 3.25. The number of aliphatic carboxylic acids is 1. The third-order valence-electron chi connectivity index (χ3n) is 1.42. The van der Waals surface area contributed by atoms with Crippen LogP contribution in [0.5, 0.6) is 0 Å². The Bertz CT molecular complexity index is 246. The summed E-state index contributed by atoms with van der Waals surface area (Å²) in [5.41, 5.74) is 5.96. The van der Waals surface area contributed by atoms with Crippen LogP contribution in [-0.2, 0) is 4.79 Å². The molecule has 0 aliphatic rings. The molecule has 11 heavy (non-hydrogen) atoms. The van der Waals surface area contributed by atoms with E-state index in [9.17, 15) is 4.79 Å². The monoisotopic (exact) mass is 157 g/mol. The quantitative estimate of drug-likeness (QED) is 0.666. The molecule has 0 radical (unpaired) electrons. The predicted molar refractivity (Wildman–Crippen MR) is 41.0 cm³/mol. The zero-order valence-electron chi connectivity index (χ0n) is 5.90. The maximum absolute atomic E-state index is 10.4. The second kappa shape index (κ2) is 3.16. The Hall–Kier alpha value is -1.35. The van der Waals surface area contributed by atoms with Crippen molar-refractivity contribution in [3.05, 3.63) is 35.9 Å². The molecule has 0 heterocycles. The fourth-order valence-corrected chi connectivity index (χ4v) is 0.803. The number of carboxylic acid groups (broad SMARTS) is 1. The summed E-state index contributed by atoms with van der Waals surface area (Å²) in [5.74, 6) is -1.00. The van der Waals surface area contributed by atoms with Gasteiger partial charge >= 0.3 is 5.97 Å². The average molecular weight is 157 g/mol. The lowest BCUT2D eigenvalue weighted by Gasteiger charge is -2.04. The SMILES string of the molecule is N[C@H](C(=O)O)[13c]1[13cH][13cH][13cH][13cH][13cH]1. The highest BCUT2D eigenvalue weighted by atomic mass is 16.4. The first-order valence-electron chi connectivity index (χ1n) is 3.25. The molecule has 3 nitrogen and oxygen atoms in total. The third-order valence-corrected chi connectivity index (χ3v) is 1.42. The van der Waals surface area contributed by atoms with Crippen LogP contribution < -0.4 is 5.73 Å². The van der Waals surface area contributed by atoms with Crippen LogP contribution in [0, 0.1) is 0 Å². The maximum atomic E-state index is 10.4. The highest BCUT2D eigenvalue weighted by Gasteiger charge is 2.12. The van der Waals surface area contributed by atoms with E-state index in [1.165, 1.54) is 0 Å². The normalized spacial score (nSPS) is 12.5. The van der Waals surface area contributed by atoms with Gasteiger partial charge in [0.05, 0.1) is 0 Å². The number of carboxylic acids is 1. The van der Waals surface area contributed by atoms with E-state index in [4.69, 9.17) is 10.8 Å². The smallest absolute Gasteiger partial charge is 0.325 e. The summed E-state index contributed by atoms with van der Waals surface area (Å²) in [7, 11) is 0. The van der Waals surface area contributed by atoms with Crippen LogP contribution >= 0.6 is 0 Å². The van der Waals surface area contributed by atoms with E-state index in [0.717, 1.165) is 0 Å². The van der Waals surface area contributed by atoms with Gasteiger partial charge in [-0.2, -0.15) is 0 Å². The van der Waals surface area contributed by atoms with Crippen LogP contribution in [0.25, 0.3) is 0 Å². The lowest BCUT2D eigenvalue weighted by molar-refractivity contribution is -0.138. The summed E-state index contributed by atoms with van der Waals surface area (Å²) in [4.78, 5) is 10.4. The Morgan fingerprint density at radius 2 is 1.91 bits per heavy atom. The van der Waals surface area contributed by atoms with E-state index in [1.807, 2.05) is 6.07 Å². The van der Waals surface area contributed by atoms with Crippen LogP contribution in [-0.4, -0.2) is 11.1 Å². The van der Waals surface area contributed by atoms with E-state index in [0.29, 0.717) is 5.56 Å². The summed E-state index contributed by atoms with van der Waals surface area (Å²) >= 11 is 0. The predicted octanol–water partition coefficient (Wildman–Crippen LogP) is 0.771. The summed E-state index contributed by atoms with van der Waals surface area (Å²) in [5, 5.41) is 8.51. The van der Waals surface area contributed by atoms with Gasteiger partial charge < -0.3 is 10.8 Å². The topological polar surface area (TPSA) is 63.3 Å². The Morgan fingerprint density at radius 1 is 1.36 bits per heavy atom. The number of rotatable bonds is 2. The van der Waals surface area contributed by atoms with Gasteiger partial charge in [-0.05, 0) is 5.56 Å². The molecule has 1 aromatic rings. The molecule has 0 aliphatic carbocycles. The largest absolute Gasteiger partial charge is 0.480 e. The third kappa shape index (κ3) is 1.78. The van der Waals surface area contributed by atoms with Crippen LogP contribution in [0.2, 0.25) is 0 Å². The molecular weight excluding hydrogens is 148 g/mol. The first kappa shape index (κ1) is 7.75. The summed E-state index contributed by atoms with van der Waals surface area (Å²) in [6.45, 7) is 0. The van der Waals surface area contributed by atoms with Gasteiger partial charge in [0.15, 0.2) is 0 Å². The van der Waals surface area contributed by atoms with Gasteiger partial charge in [0, 0.05) is 0 Å². The van der Waals surface area contributed by atoms with E-state index < -0.39 is 12.0 Å². The van der Waals surface area contributed by atoms with Gasteiger partial charge in [-0.1, -0.05) is 30.3 Å². The highest BCUT2D eigenvalue weighted by Crippen LogP contribution is 2.08. The van der Waals surface area contributed by atoms with E-state index in [-0.39, 0.29) is 0 Å². The van der Waals surface area contributed by atoms with Crippen molar-refractivity contribution in [1.82, 2.24) is 0 Å². The number of nitrogens with two attached hydrogens (primary N) is 1. The summed E-state index contributed by atoms with van der Waals surface area (Å²) in [6.07, 6.45) is 0. The van der Waals surface area contributed by atoms with Gasteiger partial charge in [-0.3, -0.25) is 4.79 Å². The fraction of sp³-hybridized carbons (Fsp3) is 0.125. The molecule has 0 saturated heterocycles. The molecular formula is C8H9NO2. The van der Waals surface area contributed by atoms with Gasteiger partial charge in [-0.25, -0.2) is 0 Å². The molecule has 0 saturated carbocycles. The van der Waals surface area contributed by atoms with Gasteiger partial charge in [0.1, 0.15) is 6.04 Å². The molecule has 1 aromatic carbocycles. The Labute approximate surface area is 64.5 Å². The van der Waals surface area contributed by atoms with Crippen molar-refractivity contribution in [2.75, 3.05) is 0 Å². The minimum absolute atomic E-state index is 0.625. The van der Waals surface area contributed by atoms with Crippen molar-refractivity contribution in [1.29, 1.82) is 0 Å². The van der Waals surface area contributed by atoms with E-state index in [1.54, 1.807) is 24.3 Å². The Morgan fingerprint density at radius 3 is 2.36 bits per heavy atom. The summed E-state index contributed by atoms with van der Waals surface area (Å²) < 4.78 is 0. The molecule has 3 heteroatoms. The molecule has 0 aromatic heterocycles. The minimum atomic E-state index is -1.00. The molecule has 1 rings (SSSR count). The highest BCUT2D eigenvalue weighted by molar-refractivity contribution is 5.75. The first-order chi connectivity index (χ1) is 5.22. The van der Waals surface area contributed by atoms with Crippen molar-refractivity contribution in [2.45, 2.75) is 6.04 Å². The molecule has 3 N–H and O–H groups in total. The number of hydrogen-bond donors (Lipinski definition) is 2. The lowest BCUT2D eigenvalue weighted by Crippen LogP contribution is -2.20. The molecule has 0 spiro atoms. The standard InChI is InChI=1S/C8H9NO2/c9-7(8(10)11)6-4-2-1-3-5-6/h1-5,7H,9H2,(H,10,11)/t7-/m0/s1/i1+1,2+1,3+1,4+1,5+1,6+1. The molecule has 0 amide bonds. The average Bonchev–Trinajstić information content (AvgIpc) is 2.05. The molecule has 1 atom stereocenters. The van der Waals surface area contributed by atoms with Gasteiger partial charge in [0.2, 0.25) is 0 Å². The van der Waals surface area contributed by atoms with Gasteiger partial charge in [0.25, 0.3) is 0 Å². The van der Waals surface area contributed by atoms with Crippen molar-refractivity contribution < 1.29 is 9.90 Å². The van der Waals surface area contributed by atoms with E-state index in [2.05, 4.69) is 0 Å². The van der Waals surface area contributed by atoms with Crippen molar-refractivity contribution in [2.24, 2.45) is 5.73 Å². The number of benzene rings is 1. The van der Waals surface area contributed by atoms with Crippen LogP contribution in [0.15, 0.2) is 30.3 Å². The Kier molecular flexibility index (Phi) is 2.23. The second-order valence-electron chi connectivity index (χ2n) is 2.23. The zero-order chi connectivity index (χ0) is 8.27. The summed E-state index contributed by atoms with van der Waals surface area (Å²) in [6, 6.07) is 7.82. The van der Waals surface area contributed by atoms with Crippen LogP contribution in [0.4, 0.5) is 0 Å². The molecule has 0 unspecified atom stereocenters. The van der Waals surface area contributed by atoms with Crippen LogP contribution in [0.3, 0.4) is 0 Å². The van der Waals surface area contributed by atoms with E-state index >= 15 is 0 Å². The van der Waals surface area contributed by atoms with Crippen molar-refractivity contribution in [3.8, 4) is 0 Å². The number of carbonyl (C=O) groups is 1. The van der Waals surface area contributed by atoms with Gasteiger partial charge in [-0.15, -0.1) is 0 Å². The van der Waals surface area contributed by atoms with Crippen molar-refractivity contribution in [3.63, 3.8) is 0 Å². The fourth-order valence-electron chi connectivity index (χ4n) is 0.803. The minimum Gasteiger partial charge on any atom is -0.480 e. The molecule has 0 fully saturated rings. The maximum Gasteiger partial charge on any atom is 0.325 e. The second-order valence-corrected chi connectivity index (χ2v) is 2.23.